The monoisotopic (exact) mass is 394 g/mol. The molecule has 0 bridgehead atoms. The average molecular weight is 394 g/mol. The number of carbonyl (C=O) groups is 1. The van der Waals surface area contributed by atoms with Crippen LogP contribution in [0.5, 0.6) is 0 Å². The van der Waals surface area contributed by atoms with E-state index in [9.17, 15) is 4.79 Å². The molecule has 0 aliphatic heterocycles. The molecule has 7 heteroatoms. The summed E-state index contributed by atoms with van der Waals surface area (Å²) in [5, 5.41) is 6.31. The van der Waals surface area contributed by atoms with Crippen LogP contribution in [0.15, 0.2) is 21.5 Å². The van der Waals surface area contributed by atoms with Crippen LogP contribution in [-0.4, -0.2) is 25.5 Å². The zero-order chi connectivity index (χ0) is 14.3. The van der Waals surface area contributed by atoms with E-state index in [2.05, 4.69) is 29.5 Å². The molecule has 0 aliphatic carbocycles. The van der Waals surface area contributed by atoms with Crippen LogP contribution in [0.4, 0.5) is 0 Å². The number of nitrogens with two attached hydrogens (primary N) is 1. The number of amides is 1. The standard InChI is InChI=1S/C13H22N4O2.HI/c1-9(2)6-7-16-13(15-3)17-8-10-4-5-11(19-10)12(14)18;/h4-5,9H,6-8H2,1-3H3,(H2,14,18)(H2,15,16,17);1H. The molecule has 0 aliphatic rings. The van der Waals surface area contributed by atoms with Gasteiger partial charge in [-0.2, -0.15) is 0 Å². The highest BCUT2D eigenvalue weighted by Gasteiger charge is 2.07. The Bertz CT molecular complexity index is 443. The third-order valence-electron chi connectivity index (χ3n) is 2.57. The van der Waals surface area contributed by atoms with Gasteiger partial charge in [-0.1, -0.05) is 13.8 Å². The molecule has 6 nitrogen and oxygen atoms in total. The van der Waals surface area contributed by atoms with Gasteiger partial charge in [-0.15, -0.1) is 24.0 Å². The Hall–Kier alpha value is -1.25. The van der Waals surface area contributed by atoms with Gasteiger partial charge in [0.2, 0.25) is 0 Å². The van der Waals surface area contributed by atoms with Gasteiger partial charge in [0.15, 0.2) is 11.7 Å². The molecule has 1 aromatic heterocycles. The molecule has 0 saturated heterocycles. The topological polar surface area (TPSA) is 92.6 Å². The van der Waals surface area contributed by atoms with Crippen LogP contribution in [0.3, 0.4) is 0 Å². The molecule has 0 unspecified atom stereocenters. The van der Waals surface area contributed by atoms with E-state index in [1.54, 1.807) is 19.2 Å². The second-order valence-corrected chi connectivity index (χ2v) is 4.67. The molecular formula is C13H23IN4O2. The highest BCUT2D eigenvalue weighted by molar-refractivity contribution is 14.0. The maximum Gasteiger partial charge on any atom is 0.284 e. The fourth-order valence-corrected chi connectivity index (χ4v) is 1.48. The third-order valence-corrected chi connectivity index (χ3v) is 2.57. The predicted octanol–water partition coefficient (Wildman–Crippen LogP) is 1.71. The Labute approximate surface area is 136 Å². The van der Waals surface area contributed by atoms with Gasteiger partial charge in [0.1, 0.15) is 5.76 Å². The number of hydrogen-bond acceptors (Lipinski definition) is 3. The van der Waals surface area contributed by atoms with Crippen molar-refractivity contribution in [2.75, 3.05) is 13.6 Å². The average Bonchev–Trinajstić information content (AvgIpc) is 2.82. The summed E-state index contributed by atoms with van der Waals surface area (Å²) >= 11 is 0. The zero-order valence-corrected chi connectivity index (χ0v) is 14.4. The van der Waals surface area contributed by atoms with E-state index in [4.69, 9.17) is 10.2 Å². The molecule has 0 fully saturated rings. The number of aliphatic imine (C=N–C) groups is 1. The molecule has 1 heterocycles. The summed E-state index contributed by atoms with van der Waals surface area (Å²) < 4.78 is 5.26. The van der Waals surface area contributed by atoms with Gasteiger partial charge in [0, 0.05) is 13.6 Å². The van der Waals surface area contributed by atoms with Gasteiger partial charge in [-0.05, 0) is 24.5 Å². The molecule has 114 valence electrons. The second-order valence-electron chi connectivity index (χ2n) is 4.67. The van der Waals surface area contributed by atoms with Crippen LogP contribution in [0, 0.1) is 5.92 Å². The van der Waals surface area contributed by atoms with E-state index in [0.29, 0.717) is 24.2 Å². The maximum atomic E-state index is 10.9. The lowest BCUT2D eigenvalue weighted by molar-refractivity contribution is 0.0972. The van der Waals surface area contributed by atoms with E-state index in [0.717, 1.165) is 13.0 Å². The van der Waals surface area contributed by atoms with Crippen LogP contribution < -0.4 is 16.4 Å². The van der Waals surface area contributed by atoms with Crippen LogP contribution in [-0.2, 0) is 6.54 Å². The van der Waals surface area contributed by atoms with Crippen molar-refractivity contribution in [1.29, 1.82) is 0 Å². The van der Waals surface area contributed by atoms with Gasteiger partial charge in [-0.25, -0.2) is 0 Å². The first-order valence-electron chi connectivity index (χ1n) is 6.36. The highest BCUT2D eigenvalue weighted by Crippen LogP contribution is 2.06. The Morgan fingerprint density at radius 1 is 1.40 bits per heavy atom. The summed E-state index contributed by atoms with van der Waals surface area (Å²) in [6.45, 7) is 5.66. The summed E-state index contributed by atoms with van der Waals surface area (Å²) in [7, 11) is 1.71. The van der Waals surface area contributed by atoms with Crippen molar-refractivity contribution in [2.24, 2.45) is 16.6 Å². The minimum atomic E-state index is -0.564. The first-order chi connectivity index (χ1) is 9.02. The van der Waals surface area contributed by atoms with Crippen LogP contribution in [0.1, 0.15) is 36.6 Å². The smallest absolute Gasteiger partial charge is 0.284 e. The number of carbonyl (C=O) groups excluding carboxylic acids is 1. The largest absolute Gasteiger partial charge is 0.454 e. The normalized spacial score (nSPS) is 11.1. The molecule has 0 saturated carbocycles. The van der Waals surface area contributed by atoms with E-state index in [1.165, 1.54) is 0 Å². The molecule has 0 radical (unpaired) electrons. The fraction of sp³-hybridized carbons (Fsp3) is 0.538. The molecule has 1 rings (SSSR count). The van der Waals surface area contributed by atoms with Crippen LogP contribution in [0.25, 0.3) is 0 Å². The maximum absolute atomic E-state index is 10.9. The molecule has 4 N–H and O–H groups in total. The SMILES string of the molecule is CN=C(NCCC(C)C)NCc1ccc(C(N)=O)o1.I. The Morgan fingerprint density at radius 3 is 2.60 bits per heavy atom. The van der Waals surface area contributed by atoms with Gasteiger partial charge >= 0.3 is 0 Å². The summed E-state index contributed by atoms with van der Waals surface area (Å²) in [4.78, 5) is 15.0. The zero-order valence-electron chi connectivity index (χ0n) is 12.1. The van der Waals surface area contributed by atoms with Crippen molar-refractivity contribution in [3.8, 4) is 0 Å². The molecular weight excluding hydrogens is 371 g/mol. The number of nitrogens with zero attached hydrogens (tertiary/aromatic N) is 1. The number of primary amides is 1. The van der Waals surface area contributed by atoms with Crippen molar-refractivity contribution >= 4 is 35.8 Å². The van der Waals surface area contributed by atoms with Gasteiger partial charge in [0.25, 0.3) is 5.91 Å². The first-order valence-corrected chi connectivity index (χ1v) is 6.36. The van der Waals surface area contributed by atoms with E-state index in [-0.39, 0.29) is 29.7 Å². The molecule has 20 heavy (non-hydrogen) atoms. The van der Waals surface area contributed by atoms with E-state index in [1.807, 2.05) is 0 Å². The number of furan rings is 1. The minimum absolute atomic E-state index is 0. The quantitative estimate of drug-likeness (QED) is 0.389. The number of hydrogen-bond donors (Lipinski definition) is 3. The Morgan fingerprint density at radius 2 is 2.10 bits per heavy atom. The molecule has 0 atom stereocenters. The third kappa shape index (κ3) is 6.78. The Balaban J connectivity index is 0.00000361. The predicted molar refractivity (Wildman–Crippen MR) is 90.3 cm³/mol. The Kier molecular flexibility index (Phi) is 9.02. The van der Waals surface area contributed by atoms with Crippen molar-refractivity contribution in [3.63, 3.8) is 0 Å². The van der Waals surface area contributed by atoms with Gasteiger partial charge < -0.3 is 20.8 Å². The van der Waals surface area contributed by atoms with Crippen molar-refractivity contribution in [1.82, 2.24) is 10.6 Å². The summed E-state index contributed by atoms with van der Waals surface area (Å²) in [6.07, 6.45) is 1.08. The highest BCUT2D eigenvalue weighted by atomic mass is 127. The molecule has 0 spiro atoms. The van der Waals surface area contributed by atoms with Crippen molar-refractivity contribution in [3.05, 3.63) is 23.7 Å². The van der Waals surface area contributed by atoms with Gasteiger partial charge in [-0.3, -0.25) is 9.79 Å². The molecule has 1 aromatic rings. The van der Waals surface area contributed by atoms with Crippen LogP contribution >= 0.6 is 24.0 Å². The minimum Gasteiger partial charge on any atom is -0.454 e. The lowest BCUT2D eigenvalue weighted by Crippen LogP contribution is -2.37. The van der Waals surface area contributed by atoms with Gasteiger partial charge in [0.05, 0.1) is 6.54 Å². The summed E-state index contributed by atoms with van der Waals surface area (Å²) in [5.74, 6) is 1.59. The molecule has 1 amide bonds. The second kappa shape index (κ2) is 9.62. The summed E-state index contributed by atoms with van der Waals surface area (Å²) in [6, 6.07) is 3.28. The van der Waals surface area contributed by atoms with E-state index >= 15 is 0 Å². The van der Waals surface area contributed by atoms with Crippen molar-refractivity contribution < 1.29 is 9.21 Å². The molecule has 0 aromatic carbocycles. The number of nitrogens with one attached hydrogen (secondary N) is 2. The number of rotatable bonds is 6. The van der Waals surface area contributed by atoms with E-state index < -0.39 is 5.91 Å². The fourth-order valence-electron chi connectivity index (χ4n) is 1.48. The van der Waals surface area contributed by atoms with Crippen LogP contribution in [0.2, 0.25) is 0 Å². The number of guanidine groups is 1. The lowest BCUT2D eigenvalue weighted by atomic mass is 10.1. The first kappa shape index (κ1) is 18.8. The number of halogens is 1. The summed E-state index contributed by atoms with van der Waals surface area (Å²) in [5.41, 5.74) is 5.11. The van der Waals surface area contributed by atoms with Crippen molar-refractivity contribution in [2.45, 2.75) is 26.8 Å². The lowest BCUT2D eigenvalue weighted by Gasteiger charge is -2.11.